The zero-order valence-corrected chi connectivity index (χ0v) is 11.5. The predicted molar refractivity (Wildman–Crippen MR) is 66.5 cm³/mol. The summed E-state index contributed by atoms with van der Waals surface area (Å²) in [4.78, 5) is 26.3. The van der Waals surface area contributed by atoms with Gasteiger partial charge in [0.05, 0.1) is 12.7 Å². The number of hydrogen-bond acceptors (Lipinski definition) is 3. The van der Waals surface area contributed by atoms with E-state index in [1.54, 1.807) is 4.90 Å². The third-order valence-electron chi connectivity index (χ3n) is 2.85. The van der Waals surface area contributed by atoms with Crippen LogP contribution in [-0.2, 0) is 9.53 Å². The Hall–Kier alpha value is -1.30. The Labute approximate surface area is 107 Å². The molecule has 1 aliphatic heterocycles. The first kappa shape index (κ1) is 14.8. The highest BCUT2D eigenvalue weighted by molar-refractivity contribution is 5.81. The zero-order chi connectivity index (χ0) is 13.9. The molecule has 0 aromatic carbocycles. The van der Waals surface area contributed by atoms with Gasteiger partial charge in [-0.2, -0.15) is 0 Å². The number of rotatable bonds is 2. The van der Waals surface area contributed by atoms with Crippen molar-refractivity contribution < 1.29 is 19.4 Å². The standard InChI is InChI=1S/C12H22N2O4/c1-9-7-13(5-6-18-9)11(17)14(8-10(15)16)12(2,3)4/h9H,5-8H2,1-4H3,(H,15,16). The van der Waals surface area contributed by atoms with Crippen molar-refractivity contribution in [3.63, 3.8) is 0 Å². The molecule has 0 aromatic rings. The van der Waals surface area contributed by atoms with Crippen molar-refractivity contribution in [1.29, 1.82) is 0 Å². The van der Waals surface area contributed by atoms with Crippen LogP contribution in [0.5, 0.6) is 0 Å². The van der Waals surface area contributed by atoms with E-state index in [1.165, 1.54) is 4.90 Å². The molecule has 1 saturated heterocycles. The summed E-state index contributed by atoms with van der Waals surface area (Å²) < 4.78 is 5.38. The van der Waals surface area contributed by atoms with Gasteiger partial charge in [0.15, 0.2) is 0 Å². The van der Waals surface area contributed by atoms with Crippen molar-refractivity contribution in [1.82, 2.24) is 9.80 Å². The molecule has 1 N–H and O–H groups in total. The van der Waals surface area contributed by atoms with Crippen LogP contribution in [0.2, 0.25) is 0 Å². The van der Waals surface area contributed by atoms with Crippen molar-refractivity contribution in [3.8, 4) is 0 Å². The van der Waals surface area contributed by atoms with Crippen molar-refractivity contribution in [2.75, 3.05) is 26.2 Å². The van der Waals surface area contributed by atoms with Crippen molar-refractivity contribution in [2.45, 2.75) is 39.3 Å². The molecule has 0 spiro atoms. The quantitative estimate of drug-likeness (QED) is 0.802. The van der Waals surface area contributed by atoms with Crippen LogP contribution in [0.1, 0.15) is 27.7 Å². The summed E-state index contributed by atoms with van der Waals surface area (Å²) in [6.45, 7) is 8.62. The number of morpholine rings is 1. The molecular formula is C12H22N2O4. The highest BCUT2D eigenvalue weighted by Gasteiger charge is 2.33. The smallest absolute Gasteiger partial charge is 0.323 e. The van der Waals surface area contributed by atoms with Crippen LogP contribution in [0.25, 0.3) is 0 Å². The summed E-state index contributed by atoms with van der Waals surface area (Å²) in [5, 5.41) is 8.91. The molecule has 0 saturated carbocycles. The second-order valence-corrected chi connectivity index (χ2v) is 5.56. The summed E-state index contributed by atoms with van der Waals surface area (Å²) >= 11 is 0. The van der Waals surface area contributed by atoms with Gasteiger partial charge in [-0.1, -0.05) is 0 Å². The minimum Gasteiger partial charge on any atom is -0.480 e. The molecular weight excluding hydrogens is 236 g/mol. The molecule has 104 valence electrons. The molecule has 18 heavy (non-hydrogen) atoms. The Morgan fingerprint density at radius 2 is 2.06 bits per heavy atom. The lowest BCUT2D eigenvalue weighted by Gasteiger charge is -2.40. The monoisotopic (exact) mass is 258 g/mol. The molecule has 0 aliphatic carbocycles. The van der Waals surface area contributed by atoms with Gasteiger partial charge in [-0.25, -0.2) is 4.79 Å². The first-order valence-electron chi connectivity index (χ1n) is 6.11. The molecule has 6 nitrogen and oxygen atoms in total. The Kier molecular flexibility index (Phi) is 4.56. The lowest BCUT2D eigenvalue weighted by Crippen LogP contribution is -2.56. The number of aliphatic carboxylic acids is 1. The maximum absolute atomic E-state index is 12.4. The minimum absolute atomic E-state index is 0.00523. The average Bonchev–Trinajstić information content (AvgIpc) is 2.23. The number of urea groups is 1. The van der Waals surface area contributed by atoms with Crippen molar-refractivity contribution in [3.05, 3.63) is 0 Å². The molecule has 2 amide bonds. The van der Waals surface area contributed by atoms with Gasteiger partial charge in [-0.15, -0.1) is 0 Å². The average molecular weight is 258 g/mol. The molecule has 1 rings (SSSR count). The van der Waals surface area contributed by atoms with Gasteiger partial charge >= 0.3 is 12.0 Å². The zero-order valence-electron chi connectivity index (χ0n) is 11.5. The van der Waals surface area contributed by atoms with Crippen LogP contribution in [-0.4, -0.2) is 64.8 Å². The lowest BCUT2D eigenvalue weighted by atomic mass is 10.1. The number of ether oxygens (including phenoxy) is 1. The predicted octanol–water partition coefficient (Wildman–Crippen LogP) is 1.01. The van der Waals surface area contributed by atoms with Crippen molar-refractivity contribution in [2.24, 2.45) is 0 Å². The number of amides is 2. The number of carbonyl (C=O) groups is 2. The fraction of sp³-hybridized carbons (Fsp3) is 0.833. The van der Waals surface area contributed by atoms with Crippen LogP contribution < -0.4 is 0 Å². The topological polar surface area (TPSA) is 70.1 Å². The molecule has 0 aromatic heterocycles. The van der Waals surface area contributed by atoms with E-state index in [2.05, 4.69) is 0 Å². The summed E-state index contributed by atoms with van der Waals surface area (Å²) in [6, 6.07) is -0.236. The highest BCUT2D eigenvalue weighted by Crippen LogP contribution is 2.17. The van der Waals surface area contributed by atoms with E-state index in [9.17, 15) is 9.59 Å². The number of nitrogens with zero attached hydrogens (tertiary/aromatic N) is 2. The molecule has 6 heteroatoms. The summed E-state index contributed by atoms with van der Waals surface area (Å²) in [7, 11) is 0. The van der Waals surface area contributed by atoms with E-state index in [0.29, 0.717) is 19.7 Å². The first-order chi connectivity index (χ1) is 8.21. The maximum Gasteiger partial charge on any atom is 0.323 e. The Morgan fingerprint density at radius 3 is 2.50 bits per heavy atom. The van der Waals surface area contributed by atoms with Crippen molar-refractivity contribution >= 4 is 12.0 Å². The third kappa shape index (κ3) is 3.87. The van der Waals surface area contributed by atoms with Gasteiger partial charge in [0.25, 0.3) is 0 Å². The summed E-state index contributed by atoms with van der Waals surface area (Å²) in [5.41, 5.74) is -0.517. The Balaban J connectivity index is 2.78. The second kappa shape index (κ2) is 5.56. The van der Waals surface area contributed by atoms with Gasteiger partial charge in [-0.05, 0) is 27.7 Å². The normalized spacial score (nSPS) is 20.7. The molecule has 1 heterocycles. The van der Waals surface area contributed by atoms with E-state index >= 15 is 0 Å². The minimum atomic E-state index is -1.00. The van der Waals surface area contributed by atoms with Gasteiger partial charge in [0.1, 0.15) is 6.54 Å². The van der Waals surface area contributed by atoms with E-state index in [4.69, 9.17) is 9.84 Å². The Morgan fingerprint density at radius 1 is 1.44 bits per heavy atom. The van der Waals surface area contributed by atoms with Gasteiger partial charge in [0, 0.05) is 18.6 Å². The lowest BCUT2D eigenvalue weighted by molar-refractivity contribution is -0.139. The van der Waals surface area contributed by atoms with Crippen LogP contribution in [0.15, 0.2) is 0 Å². The number of hydrogen-bond donors (Lipinski definition) is 1. The maximum atomic E-state index is 12.4. The SMILES string of the molecule is CC1CN(C(=O)N(CC(=O)O)C(C)(C)C)CCO1. The van der Waals surface area contributed by atoms with E-state index in [0.717, 1.165) is 0 Å². The van der Waals surface area contributed by atoms with Gasteiger partial charge < -0.3 is 19.6 Å². The fourth-order valence-electron chi connectivity index (χ4n) is 1.89. The largest absolute Gasteiger partial charge is 0.480 e. The fourth-order valence-corrected chi connectivity index (χ4v) is 1.89. The molecule has 1 aliphatic rings. The second-order valence-electron chi connectivity index (χ2n) is 5.56. The molecule has 0 radical (unpaired) electrons. The number of carboxylic acids is 1. The van der Waals surface area contributed by atoms with Crippen LogP contribution in [0, 0.1) is 0 Å². The number of carbonyl (C=O) groups excluding carboxylic acids is 1. The van der Waals surface area contributed by atoms with Gasteiger partial charge in [-0.3, -0.25) is 4.79 Å². The molecule has 1 unspecified atom stereocenters. The van der Waals surface area contributed by atoms with Gasteiger partial charge in [0.2, 0.25) is 0 Å². The molecule has 1 fully saturated rings. The number of carboxylic acid groups (broad SMARTS) is 1. The van der Waals surface area contributed by atoms with Crippen LogP contribution in [0.4, 0.5) is 4.79 Å². The molecule has 1 atom stereocenters. The van der Waals surface area contributed by atoms with Crippen LogP contribution in [0.3, 0.4) is 0 Å². The molecule has 0 bridgehead atoms. The first-order valence-corrected chi connectivity index (χ1v) is 6.11. The van der Waals surface area contributed by atoms with E-state index in [-0.39, 0.29) is 18.7 Å². The summed E-state index contributed by atoms with van der Waals surface area (Å²) in [6.07, 6.45) is -0.00523. The highest BCUT2D eigenvalue weighted by atomic mass is 16.5. The summed E-state index contributed by atoms with van der Waals surface area (Å²) in [5.74, 6) is -1.00. The Bertz CT molecular complexity index is 325. The third-order valence-corrected chi connectivity index (χ3v) is 2.85. The van der Waals surface area contributed by atoms with Crippen LogP contribution >= 0.6 is 0 Å². The van der Waals surface area contributed by atoms with E-state index in [1.807, 2.05) is 27.7 Å². The van der Waals surface area contributed by atoms with E-state index < -0.39 is 11.5 Å².